The third-order valence-electron chi connectivity index (χ3n) is 3.40. The predicted octanol–water partition coefficient (Wildman–Crippen LogP) is 3.95. The van der Waals surface area contributed by atoms with E-state index in [9.17, 15) is 0 Å². The van der Waals surface area contributed by atoms with Gasteiger partial charge < -0.3 is 10.5 Å². The maximum atomic E-state index is 5.97. The van der Waals surface area contributed by atoms with Crippen molar-refractivity contribution in [2.45, 2.75) is 52.2 Å². The minimum absolute atomic E-state index is 0.240. The van der Waals surface area contributed by atoms with E-state index in [-0.39, 0.29) is 6.04 Å². The number of hydrogen-bond donors (Lipinski definition) is 1. The quantitative estimate of drug-likeness (QED) is 0.803. The van der Waals surface area contributed by atoms with Gasteiger partial charge in [0.2, 0.25) is 0 Å². The Morgan fingerprint density at radius 2 is 2.00 bits per heavy atom. The zero-order chi connectivity index (χ0) is 15.1. The van der Waals surface area contributed by atoms with Crippen LogP contribution in [0.1, 0.15) is 43.0 Å². The second-order valence-corrected chi connectivity index (χ2v) is 6.23. The van der Waals surface area contributed by atoms with E-state index < -0.39 is 0 Å². The summed E-state index contributed by atoms with van der Waals surface area (Å²) >= 11 is 1.72. The van der Waals surface area contributed by atoms with Gasteiger partial charge in [-0.1, -0.05) is 26.0 Å². The second-order valence-electron chi connectivity index (χ2n) is 5.29. The van der Waals surface area contributed by atoms with Crippen LogP contribution < -0.4 is 10.5 Å². The maximum absolute atomic E-state index is 5.97. The van der Waals surface area contributed by atoms with Crippen LogP contribution in [-0.2, 0) is 19.4 Å². The summed E-state index contributed by atoms with van der Waals surface area (Å²) in [7, 11) is 0. The van der Waals surface area contributed by atoms with Crippen molar-refractivity contribution >= 4 is 11.3 Å². The fourth-order valence-corrected chi connectivity index (χ4v) is 2.95. The van der Waals surface area contributed by atoms with Crippen molar-refractivity contribution < 1.29 is 4.74 Å². The number of ether oxygens (including phenoxy) is 1. The summed E-state index contributed by atoms with van der Waals surface area (Å²) in [4.78, 5) is 4.56. The van der Waals surface area contributed by atoms with E-state index in [0.29, 0.717) is 6.61 Å². The van der Waals surface area contributed by atoms with Crippen LogP contribution >= 0.6 is 11.3 Å². The van der Waals surface area contributed by atoms with E-state index in [1.807, 2.05) is 12.1 Å². The standard InChI is InChI=1S/C17H24N2OS/c1-3-5-17-19-15(12-21-17)11-20-16-8-6-13(7-9-16)10-14(18)4-2/h6-9,12,14H,3-5,10-11,18H2,1-2H3. The Morgan fingerprint density at radius 1 is 1.24 bits per heavy atom. The highest BCUT2D eigenvalue weighted by Gasteiger charge is 2.04. The van der Waals surface area contributed by atoms with Gasteiger partial charge in [-0.15, -0.1) is 11.3 Å². The molecule has 4 heteroatoms. The molecule has 0 radical (unpaired) electrons. The number of hydrogen-bond acceptors (Lipinski definition) is 4. The van der Waals surface area contributed by atoms with Gasteiger partial charge in [0.05, 0.1) is 10.7 Å². The number of aromatic nitrogens is 1. The van der Waals surface area contributed by atoms with Gasteiger partial charge in [-0.2, -0.15) is 0 Å². The summed E-state index contributed by atoms with van der Waals surface area (Å²) in [5.41, 5.74) is 8.24. The van der Waals surface area contributed by atoms with Crippen molar-refractivity contribution in [1.82, 2.24) is 4.98 Å². The van der Waals surface area contributed by atoms with Gasteiger partial charge in [0.15, 0.2) is 0 Å². The first kappa shape index (κ1) is 16.0. The van der Waals surface area contributed by atoms with Crippen LogP contribution in [0.15, 0.2) is 29.6 Å². The first-order chi connectivity index (χ1) is 10.2. The zero-order valence-electron chi connectivity index (χ0n) is 12.8. The summed E-state index contributed by atoms with van der Waals surface area (Å²) in [5.74, 6) is 0.883. The molecule has 0 aliphatic carbocycles. The van der Waals surface area contributed by atoms with Crippen molar-refractivity contribution in [3.63, 3.8) is 0 Å². The third-order valence-corrected chi connectivity index (χ3v) is 4.35. The van der Waals surface area contributed by atoms with Crippen molar-refractivity contribution in [3.05, 3.63) is 45.9 Å². The Balaban J connectivity index is 1.85. The highest BCUT2D eigenvalue weighted by Crippen LogP contribution is 2.17. The van der Waals surface area contributed by atoms with Gasteiger partial charge in [-0.25, -0.2) is 4.98 Å². The first-order valence-corrected chi connectivity index (χ1v) is 8.49. The van der Waals surface area contributed by atoms with Crippen molar-refractivity contribution in [3.8, 4) is 5.75 Å². The fourth-order valence-electron chi connectivity index (χ4n) is 2.07. The minimum Gasteiger partial charge on any atom is -0.487 e. The third kappa shape index (κ3) is 5.14. The van der Waals surface area contributed by atoms with Gasteiger partial charge in [0, 0.05) is 11.4 Å². The molecule has 0 saturated heterocycles. The lowest BCUT2D eigenvalue weighted by atomic mass is 10.0. The largest absolute Gasteiger partial charge is 0.487 e. The van der Waals surface area contributed by atoms with Crippen LogP contribution in [0.25, 0.3) is 0 Å². The lowest BCUT2D eigenvalue weighted by Crippen LogP contribution is -2.21. The maximum Gasteiger partial charge on any atom is 0.131 e. The zero-order valence-corrected chi connectivity index (χ0v) is 13.7. The lowest BCUT2D eigenvalue weighted by molar-refractivity contribution is 0.302. The number of nitrogens with zero attached hydrogens (tertiary/aromatic N) is 1. The SMILES string of the molecule is CCCc1nc(COc2ccc(CC(N)CC)cc2)cs1. The summed E-state index contributed by atoms with van der Waals surface area (Å²) in [6.45, 7) is 4.82. The molecule has 1 aromatic carbocycles. The Morgan fingerprint density at radius 3 is 2.67 bits per heavy atom. The highest BCUT2D eigenvalue weighted by molar-refractivity contribution is 7.09. The molecule has 21 heavy (non-hydrogen) atoms. The molecule has 0 aliphatic heterocycles. The Labute approximate surface area is 131 Å². The summed E-state index contributed by atoms with van der Waals surface area (Å²) in [5, 5.41) is 3.28. The molecule has 1 atom stereocenters. The summed E-state index contributed by atoms with van der Waals surface area (Å²) in [6, 6.07) is 8.44. The normalized spacial score (nSPS) is 12.3. The van der Waals surface area contributed by atoms with E-state index in [0.717, 1.165) is 37.1 Å². The molecule has 2 rings (SSSR count). The van der Waals surface area contributed by atoms with Gasteiger partial charge in [0.25, 0.3) is 0 Å². The van der Waals surface area contributed by atoms with Crippen LogP contribution in [-0.4, -0.2) is 11.0 Å². The molecule has 0 saturated carbocycles. The molecule has 1 aromatic heterocycles. The number of rotatable bonds is 8. The Kier molecular flexibility index (Phi) is 6.21. The molecule has 1 heterocycles. The summed E-state index contributed by atoms with van der Waals surface area (Å²) < 4.78 is 5.78. The van der Waals surface area contributed by atoms with Crippen LogP contribution in [0.2, 0.25) is 0 Å². The average molecular weight is 304 g/mol. The molecular formula is C17H24N2OS. The Hall–Kier alpha value is -1.39. The molecule has 2 aromatic rings. The molecule has 1 unspecified atom stereocenters. The van der Waals surface area contributed by atoms with E-state index in [1.165, 1.54) is 10.6 Å². The van der Waals surface area contributed by atoms with Crippen LogP contribution in [0, 0.1) is 0 Å². The predicted molar refractivity (Wildman–Crippen MR) is 88.9 cm³/mol. The van der Waals surface area contributed by atoms with Crippen LogP contribution in [0.5, 0.6) is 5.75 Å². The number of aryl methyl sites for hydroxylation is 1. The first-order valence-electron chi connectivity index (χ1n) is 7.61. The van der Waals surface area contributed by atoms with E-state index >= 15 is 0 Å². The molecule has 114 valence electrons. The van der Waals surface area contributed by atoms with Gasteiger partial charge in [-0.05, 0) is 43.4 Å². The van der Waals surface area contributed by atoms with E-state index in [1.54, 1.807) is 11.3 Å². The van der Waals surface area contributed by atoms with Gasteiger partial charge >= 0.3 is 0 Å². The number of thiazole rings is 1. The highest BCUT2D eigenvalue weighted by atomic mass is 32.1. The van der Waals surface area contributed by atoms with Crippen LogP contribution in [0.4, 0.5) is 0 Å². The molecule has 3 nitrogen and oxygen atoms in total. The van der Waals surface area contributed by atoms with Crippen molar-refractivity contribution in [2.24, 2.45) is 5.73 Å². The van der Waals surface area contributed by atoms with E-state index in [2.05, 4.69) is 36.3 Å². The fraction of sp³-hybridized carbons (Fsp3) is 0.471. The van der Waals surface area contributed by atoms with Gasteiger partial charge in [-0.3, -0.25) is 0 Å². The minimum atomic E-state index is 0.240. The molecule has 0 amide bonds. The second kappa shape index (κ2) is 8.15. The van der Waals surface area contributed by atoms with E-state index in [4.69, 9.17) is 10.5 Å². The number of benzene rings is 1. The van der Waals surface area contributed by atoms with Gasteiger partial charge in [0.1, 0.15) is 12.4 Å². The average Bonchev–Trinajstić information content (AvgIpc) is 2.94. The monoisotopic (exact) mass is 304 g/mol. The number of nitrogens with two attached hydrogens (primary N) is 1. The summed E-state index contributed by atoms with van der Waals surface area (Å²) in [6.07, 6.45) is 4.11. The molecule has 0 bridgehead atoms. The van der Waals surface area contributed by atoms with Crippen molar-refractivity contribution in [2.75, 3.05) is 0 Å². The molecular weight excluding hydrogens is 280 g/mol. The molecule has 0 aliphatic rings. The Bertz CT molecular complexity index is 536. The van der Waals surface area contributed by atoms with Crippen molar-refractivity contribution in [1.29, 1.82) is 0 Å². The smallest absolute Gasteiger partial charge is 0.131 e. The topological polar surface area (TPSA) is 48.1 Å². The molecule has 2 N–H and O–H groups in total. The van der Waals surface area contributed by atoms with Crippen LogP contribution in [0.3, 0.4) is 0 Å². The lowest BCUT2D eigenvalue weighted by Gasteiger charge is -2.09. The molecule has 0 spiro atoms. The molecule has 0 fully saturated rings.